The first kappa shape index (κ1) is 12.9. The molecule has 0 radical (unpaired) electrons. The highest BCUT2D eigenvalue weighted by Crippen LogP contribution is 2.24. The summed E-state index contributed by atoms with van der Waals surface area (Å²) in [5.74, 6) is -0.0245. The molecule has 1 unspecified atom stereocenters. The van der Waals surface area contributed by atoms with Crippen molar-refractivity contribution in [3.63, 3.8) is 0 Å². The molecule has 0 bridgehead atoms. The second kappa shape index (κ2) is 5.58. The van der Waals surface area contributed by atoms with Crippen LogP contribution in [0, 0.1) is 5.82 Å². The molecular weight excluding hydrogens is 256 g/mol. The standard InChI is InChI=1S/C9H11BrFN.ClH/c1-6(5-12)8-4-7(11)2-3-9(8)10;/h2-4,6H,5,12H2,1H3;1H. The van der Waals surface area contributed by atoms with Crippen LogP contribution >= 0.6 is 28.3 Å². The van der Waals surface area contributed by atoms with Gasteiger partial charge >= 0.3 is 0 Å². The zero-order valence-electron chi connectivity index (χ0n) is 7.26. The summed E-state index contributed by atoms with van der Waals surface area (Å²) in [4.78, 5) is 0. The molecule has 13 heavy (non-hydrogen) atoms. The predicted octanol–water partition coefficient (Wildman–Crippen LogP) is 3.07. The molecular formula is C9H12BrClFN. The lowest BCUT2D eigenvalue weighted by atomic mass is 10.0. The van der Waals surface area contributed by atoms with E-state index in [1.54, 1.807) is 6.07 Å². The molecule has 2 N–H and O–H groups in total. The lowest BCUT2D eigenvalue weighted by molar-refractivity contribution is 0.621. The molecule has 1 aromatic carbocycles. The van der Waals surface area contributed by atoms with Crippen LogP contribution < -0.4 is 5.73 Å². The Kier molecular flexibility index (Phi) is 5.53. The summed E-state index contributed by atoms with van der Waals surface area (Å²) in [6.07, 6.45) is 0. The van der Waals surface area contributed by atoms with E-state index in [1.807, 2.05) is 6.92 Å². The van der Waals surface area contributed by atoms with E-state index < -0.39 is 0 Å². The molecule has 0 saturated carbocycles. The van der Waals surface area contributed by atoms with Crippen molar-refractivity contribution in [2.75, 3.05) is 6.54 Å². The van der Waals surface area contributed by atoms with Crippen LogP contribution in [-0.2, 0) is 0 Å². The van der Waals surface area contributed by atoms with Crippen molar-refractivity contribution < 1.29 is 4.39 Å². The molecule has 1 aromatic rings. The molecule has 0 aliphatic rings. The molecule has 0 aliphatic carbocycles. The third kappa shape index (κ3) is 3.25. The largest absolute Gasteiger partial charge is 0.330 e. The van der Waals surface area contributed by atoms with E-state index in [9.17, 15) is 4.39 Å². The van der Waals surface area contributed by atoms with Gasteiger partial charge < -0.3 is 5.73 Å². The number of nitrogens with two attached hydrogens (primary N) is 1. The summed E-state index contributed by atoms with van der Waals surface area (Å²) in [7, 11) is 0. The minimum absolute atomic E-state index is 0. The molecule has 0 aromatic heterocycles. The van der Waals surface area contributed by atoms with Crippen molar-refractivity contribution in [2.45, 2.75) is 12.8 Å². The summed E-state index contributed by atoms with van der Waals surface area (Å²) >= 11 is 3.35. The van der Waals surface area contributed by atoms with Crippen LogP contribution in [0.5, 0.6) is 0 Å². The first-order valence-corrected chi connectivity index (χ1v) is 4.59. The summed E-state index contributed by atoms with van der Waals surface area (Å²) in [5.41, 5.74) is 6.41. The second-order valence-electron chi connectivity index (χ2n) is 2.80. The van der Waals surface area contributed by atoms with Crippen LogP contribution in [0.3, 0.4) is 0 Å². The minimum Gasteiger partial charge on any atom is -0.330 e. The molecule has 0 fully saturated rings. The van der Waals surface area contributed by atoms with Crippen LogP contribution in [0.2, 0.25) is 0 Å². The van der Waals surface area contributed by atoms with E-state index in [-0.39, 0.29) is 24.1 Å². The van der Waals surface area contributed by atoms with Gasteiger partial charge in [0.05, 0.1) is 0 Å². The summed E-state index contributed by atoms with van der Waals surface area (Å²) in [6, 6.07) is 4.65. The van der Waals surface area contributed by atoms with E-state index in [1.165, 1.54) is 12.1 Å². The third-order valence-corrected chi connectivity index (χ3v) is 2.56. The first-order chi connectivity index (χ1) is 5.65. The van der Waals surface area contributed by atoms with E-state index >= 15 is 0 Å². The molecule has 0 saturated heterocycles. The molecule has 0 amide bonds. The lowest BCUT2D eigenvalue weighted by Crippen LogP contribution is -2.09. The fourth-order valence-electron chi connectivity index (χ4n) is 1.02. The Hall–Kier alpha value is -0.120. The number of rotatable bonds is 2. The van der Waals surface area contributed by atoms with Crippen LogP contribution in [0.25, 0.3) is 0 Å². The van der Waals surface area contributed by atoms with Crippen molar-refractivity contribution in [3.8, 4) is 0 Å². The molecule has 1 rings (SSSR count). The van der Waals surface area contributed by atoms with Crippen LogP contribution in [0.1, 0.15) is 18.4 Å². The predicted molar refractivity (Wildman–Crippen MR) is 58.8 cm³/mol. The fraction of sp³-hybridized carbons (Fsp3) is 0.333. The van der Waals surface area contributed by atoms with Crippen molar-refractivity contribution in [1.29, 1.82) is 0 Å². The van der Waals surface area contributed by atoms with Crippen molar-refractivity contribution in [1.82, 2.24) is 0 Å². The smallest absolute Gasteiger partial charge is 0.123 e. The van der Waals surface area contributed by atoms with Crippen LogP contribution in [-0.4, -0.2) is 6.54 Å². The van der Waals surface area contributed by atoms with Crippen LogP contribution in [0.15, 0.2) is 22.7 Å². The van der Waals surface area contributed by atoms with Gasteiger partial charge in [0.15, 0.2) is 0 Å². The maximum atomic E-state index is 12.8. The Morgan fingerprint density at radius 3 is 2.69 bits per heavy atom. The quantitative estimate of drug-likeness (QED) is 0.876. The summed E-state index contributed by atoms with van der Waals surface area (Å²) < 4.78 is 13.7. The molecule has 4 heteroatoms. The zero-order chi connectivity index (χ0) is 9.14. The number of benzene rings is 1. The fourth-order valence-corrected chi connectivity index (χ4v) is 1.66. The molecule has 1 nitrogen and oxygen atoms in total. The maximum absolute atomic E-state index is 12.8. The summed E-state index contributed by atoms with van der Waals surface area (Å²) in [6.45, 7) is 2.50. The number of halogens is 3. The van der Waals surface area contributed by atoms with Gasteiger partial charge in [-0.15, -0.1) is 12.4 Å². The average molecular weight is 269 g/mol. The van der Waals surface area contributed by atoms with Gasteiger partial charge in [-0.25, -0.2) is 4.39 Å². The Labute approximate surface area is 92.1 Å². The first-order valence-electron chi connectivity index (χ1n) is 3.80. The maximum Gasteiger partial charge on any atom is 0.123 e. The van der Waals surface area contributed by atoms with E-state index in [4.69, 9.17) is 5.73 Å². The monoisotopic (exact) mass is 267 g/mol. The van der Waals surface area contributed by atoms with Gasteiger partial charge in [-0.1, -0.05) is 22.9 Å². The minimum atomic E-state index is -0.214. The van der Waals surface area contributed by atoms with E-state index in [2.05, 4.69) is 15.9 Å². The Balaban J connectivity index is 0.00000144. The SMILES string of the molecule is CC(CN)c1cc(F)ccc1Br.Cl. The molecule has 0 spiro atoms. The molecule has 74 valence electrons. The topological polar surface area (TPSA) is 26.0 Å². The highest BCUT2D eigenvalue weighted by molar-refractivity contribution is 9.10. The van der Waals surface area contributed by atoms with Crippen molar-refractivity contribution in [2.24, 2.45) is 5.73 Å². The van der Waals surface area contributed by atoms with E-state index in [0.717, 1.165) is 10.0 Å². The van der Waals surface area contributed by atoms with Gasteiger partial charge in [-0.3, -0.25) is 0 Å². The van der Waals surface area contributed by atoms with Gasteiger partial charge in [-0.05, 0) is 36.2 Å². The summed E-state index contributed by atoms with van der Waals surface area (Å²) in [5, 5.41) is 0. The average Bonchev–Trinajstić information content (AvgIpc) is 2.08. The normalized spacial score (nSPS) is 12.0. The van der Waals surface area contributed by atoms with Gasteiger partial charge in [0.2, 0.25) is 0 Å². The third-order valence-electron chi connectivity index (χ3n) is 1.84. The lowest BCUT2D eigenvalue weighted by Gasteiger charge is -2.10. The van der Waals surface area contributed by atoms with Gasteiger partial charge in [0, 0.05) is 4.47 Å². The Morgan fingerprint density at radius 2 is 2.15 bits per heavy atom. The van der Waals surface area contributed by atoms with Gasteiger partial charge in [-0.2, -0.15) is 0 Å². The second-order valence-corrected chi connectivity index (χ2v) is 3.66. The highest BCUT2D eigenvalue weighted by Gasteiger charge is 2.07. The molecule has 0 heterocycles. The Bertz CT molecular complexity index is 280. The van der Waals surface area contributed by atoms with Gasteiger partial charge in [0.1, 0.15) is 5.82 Å². The van der Waals surface area contributed by atoms with Crippen LogP contribution in [0.4, 0.5) is 4.39 Å². The van der Waals surface area contributed by atoms with Crippen molar-refractivity contribution in [3.05, 3.63) is 34.1 Å². The van der Waals surface area contributed by atoms with Gasteiger partial charge in [0.25, 0.3) is 0 Å². The highest BCUT2D eigenvalue weighted by atomic mass is 79.9. The van der Waals surface area contributed by atoms with E-state index in [0.29, 0.717) is 6.54 Å². The van der Waals surface area contributed by atoms with Crippen molar-refractivity contribution >= 4 is 28.3 Å². The zero-order valence-corrected chi connectivity index (χ0v) is 9.66. The number of hydrogen-bond donors (Lipinski definition) is 1. The molecule has 0 aliphatic heterocycles. The number of hydrogen-bond acceptors (Lipinski definition) is 1. The molecule has 1 atom stereocenters. The Morgan fingerprint density at radius 1 is 1.54 bits per heavy atom.